The summed E-state index contributed by atoms with van der Waals surface area (Å²) in [7, 11) is 5.21. The molecule has 3 aliphatic heterocycles. The van der Waals surface area contributed by atoms with E-state index in [4.69, 9.17) is 4.74 Å². The van der Waals surface area contributed by atoms with Gasteiger partial charge >= 0.3 is 6.43 Å². The summed E-state index contributed by atoms with van der Waals surface area (Å²) >= 11 is 0. The molecule has 0 spiro atoms. The number of Topliss-reactive ketones (excluding diaryl/α,β-unsaturated/α-hetero) is 1. The van der Waals surface area contributed by atoms with Crippen LogP contribution in [0, 0.1) is 37.3 Å². The number of benzene rings is 2. The van der Waals surface area contributed by atoms with Crippen LogP contribution in [0.4, 0.5) is 28.9 Å². The van der Waals surface area contributed by atoms with Gasteiger partial charge in [0.25, 0.3) is 5.71 Å². The van der Waals surface area contributed by atoms with Crippen molar-refractivity contribution >= 4 is 28.8 Å². The first-order valence-corrected chi connectivity index (χ1v) is 32.6. The van der Waals surface area contributed by atoms with E-state index in [0.29, 0.717) is 53.3 Å². The van der Waals surface area contributed by atoms with Crippen LogP contribution in [0.5, 0.6) is 0 Å². The van der Waals surface area contributed by atoms with Gasteiger partial charge in [0.1, 0.15) is 36.8 Å². The number of carbonyl (C=O) groups excluding carboxylic acids is 2. The standard InChI is InChI=1S/C21H30F2NO2.C18H39N.C13H18N2.C7H6F2.C6H9NO.C5H10.C3H8/c1-8-13(2)14(3)11-17(16(5)25)12-15(4)19-18(26-7)9-10-24(6)20(19)21(22)23;1-6-10-11-16-19(15-8-3)18(12-7-2)14-13-17(5)9-4;1-4-5-6-13-14-11-8-7-10(2)9-12(11)15(13)3;1-5-2-6(8)4-7(9)3-5;1-5-3-2-4-6(8)7-5;1-2-4-5-3-1;1-3-2/h11-13,21H,4,8-10H2,1-3,5-7H3;17-18H,6-16H2,1-5H3;6-9,14H,4-5H2,1-3H3;2-4H,1H3;1-4H2,(H,7,8);1-5H2;3H2,1-2H3/q+1;;;;;;/b14-11-,17-12+;;13-6-;;;;/t13-;;;;;;/m1....../s1. The topological polar surface area (TPSA) is 76.9 Å². The van der Waals surface area contributed by atoms with Gasteiger partial charge in [0.15, 0.2) is 5.78 Å². The van der Waals surface area contributed by atoms with Gasteiger partial charge in [0.05, 0.1) is 30.5 Å². The minimum Gasteiger partial charge on any atom is -0.500 e. The normalized spacial score (nSPS) is 16.3. The van der Waals surface area contributed by atoms with E-state index < -0.39 is 18.1 Å². The molecule has 2 unspecified atom stereocenters. The number of methoxy groups -OCH3 is 1. The van der Waals surface area contributed by atoms with Gasteiger partial charge in [0, 0.05) is 36.8 Å². The summed E-state index contributed by atoms with van der Waals surface area (Å²) in [6.45, 7) is 40.2. The van der Waals surface area contributed by atoms with Gasteiger partial charge in [-0.05, 0) is 164 Å². The molecular weight excluding hydrogens is 1070 g/mol. The van der Waals surface area contributed by atoms with E-state index in [9.17, 15) is 27.2 Å². The summed E-state index contributed by atoms with van der Waals surface area (Å²) in [5.74, 6) is 1.86. The summed E-state index contributed by atoms with van der Waals surface area (Å²) in [4.78, 5) is 27.6. The summed E-state index contributed by atoms with van der Waals surface area (Å²) in [5, 5.41) is 6.08. The number of carbonyl (C=O) groups is 2. The first-order chi connectivity index (χ1) is 40.4. The van der Waals surface area contributed by atoms with Crippen LogP contribution in [0.3, 0.4) is 0 Å². The Morgan fingerprint density at radius 2 is 1.40 bits per heavy atom. The molecule has 2 N–H and O–H groups in total. The summed E-state index contributed by atoms with van der Waals surface area (Å²) in [6.07, 6.45) is 30.4. The highest BCUT2D eigenvalue weighted by molar-refractivity contribution is 6.05. The number of ketones is 1. The van der Waals surface area contributed by atoms with Crippen molar-refractivity contribution in [2.75, 3.05) is 51.1 Å². The monoisotopic (exact) mass is 1190 g/mol. The SMILES string of the molecule is C1CCCC1.C=C(/C=C(\C=C(\C)[C@H](C)CC)C(C)=O)C1=C(OC)CC[N+](C)=C1C(F)F.C=C1CCCC(=O)N1.CCC.CCC/C=C1/Nc2ccc(C)cc2N1C.CCCCCN(CCC)C(CCC)CCC(C)CC.Cc1cc(F)cc(F)c1. The van der Waals surface area contributed by atoms with E-state index in [1.807, 2.05) is 13.0 Å². The van der Waals surface area contributed by atoms with E-state index >= 15 is 0 Å². The Hall–Kier alpha value is -5.23. The Kier molecular flexibility index (Phi) is 44.0. The van der Waals surface area contributed by atoms with Crippen molar-refractivity contribution in [2.24, 2.45) is 11.8 Å². The molecule has 2 aromatic carbocycles. The molecule has 85 heavy (non-hydrogen) atoms. The van der Waals surface area contributed by atoms with Crippen LogP contribution in [0.15, 0.2) is 107 Å². The Morgan fingerprint density at radius 3 is 1.87 bits per heavy atom. The molecule has 1 saturated heterocycles. The number of nitrogens with one attached hydrogen (secondary N) is 2. The van der Waals surface area contributed by atoms with Crippen LogP contribution >= 0.6 is 0 Å². The molecule has 8 nitrogen and oxygen atoms in total. The van der Waals surface area contributed by atoms with Gasteiger partial charge in [-0.3, -0.25) is 9.59 Å². The number of halogens is 4. The molecule has 1 amide bonds. The van der Waals surface area contributed by atoms with Crippen LogP contribution in [0.2, 0.25) is 0 Å². The maximum atomic E-state index is 13.6. The fraction of sp³-hybridized carbons (Fsp3) is 0.630. The maximum Gasteiger partial charge on any atom is 0.321 e. The number of hydrogen-bond acceptors (Lipinski definition) is 6. The largest absolute Gasteiger partial charge is 0.500 e. The third-order valence-electron chi connectivity index (χ3n) is 15.5. The third-order valence-corrected chi connectivity index (χ3v) is 15.5. The Morgan fingerprint density at radius 1 is 0.776 bits per heavy atom. The Labute approximate surface area is 516 Å². The zero-order valence-corrected chi connectivity index (χ0v) is 56.7. The molecule has 4 aliphatic rings. The van der Waals surface area contributed by atoms with Crippen LogP contribution in [0.1, 0.15) is 235 Å². The summed E-state index contributed by atoms with van der Waals surface area (Å²) < 4.78 is 58.5. The number of rotatable bonds is 23. The lowest BCUT2D eigenvalue weighted by Crippen LogP contribution is -2.37. The quantitative estimate of drug-likeness (QED) is 0.0380. The lowest BCUT2D eigenvalue weighted by molar-refractivity contribution is -0.501. The van der Waals surface area contributed by atoms with E-state index in [0.717, 1.165) is 55.0 Å². The summed E-state index contributed by atoms with van der Waals surface area (Å²) in [5.41, 5.74) is 7.33. The van der Waals surface area contributed by atoms with Gasteiger partial charge in [-0.1, -0.05) is 171 Å². The molecule has 3 heterocycles. The number of aryl methyl sites for hydroxylation is 2. The van der Waals surface area contributed by atoms with Crippen LogP contribution in [-0.4, -0.2) is 80.2 Å². The number of fused-ring (bicyclic) bond motifs is 1. The van der Waals surface area contributed by atoms with E-state index in [-0.39, 0.29) is 17.4 Å². The van der Waals surface area contributed by atoms with Crippen molar-refractivity contribution in [1.29, 1.82) is 0 Å². The third kappa shape index (κ3) is 33.5. The van der Waals surface area contributed by atoms with Crippen molar-refractivity contribution in [1.82, 2.24) is 10.2 Å². The zero-order chi connectivity index (χ0) is 64.4. The average molecular weight is 1190 g/mol. The highest BCUT2D eigenvalue weighted by Crippen LogP contribution is 2.36. The number of unbranched alkanes of at least 4 members (excludes halogenated alkanes) is 3. The van der Waals surface area contributed by atoms with Crippen LogP contribution in [0.25, 0.3) is 0 Å². The molecular formula is C73H120F4N5O3+. The molecule has 0 aromatic heterocycles. The van der Waals surface area contributed by atoms with Crippen molar-refractivity contribution in [3.8, 4) is 0 Å². The molecule has 0 bridgehead atoms. The van der Waals surface area contributed by atoms with Gasteiger partial charge in [-0.25, -0.2) is 13.4 Å². The van der Waals surface area contributed by atoms with E-state index in [1.54, 1.807) is 20.0 Å². The highest BCUT2D eigenvalue weighted by Gasteiger charge is 2.35. The fourth-order valence-electron chi connectivity index (χ4n) is 9.94. The van der Waals surface area contributed by atoms with Gasteiger partial charge in [-0.15, -0.1) is 0 Å². The molecule has 0 radical (unpaired) electrons. The van der Waals surface area contributed by atoms with E-state index in [2.05, 4.69) is 141 Å². The van der Waals surface area contributed by atoms with Gasteiger partial charge in [-0.2, -0.15) is 8.78 Å². The molecule has 2 aromatic rings. The number of amides is 1. The molecule has 3 atom stereocenters. The summed E-state index contributed by atoms with van der Waals surface area (Å²) in [6, 6.07) is 10.8. The number of nitrogens with zero attached hydrogens (tertiary/aromatic N) is 3. The highest BCUT2D eigenvalue weighted by atomic mass is 19.3. The minimum atomic E-state index is -2.65. The van der Waals surface area contributed by atoms with Crippen molar-refractivity contribution in [2.45, 2.75) is 251 Å². The molecule has 2 fully saturated rings. The molecule has 1 saturated carbocycles. The maximum absolute atomic E-state index is 13.6. The molecule has 6 rings (SSSR count). The van der Waals surface area contributed by atoms with Crippen LogP contribution in [-0.2, 0) is 14.3 Å². The predicted octanol–water partition coefficient (Wildman–Crippen LogP) is 20.5. The second-order valence-corrected chi connectivity index (χ2v) is 23.5. The van der Waals surface area contributed by atoms with Gasteiger partial charge < -0.3 is 25.2 Å². The van der Waals surface area contributed by atoms with Gasteiger partial charge in [0.2, 0.25) is 5.91 Å². The Balaban J connectivity index is 0.00000105. The molecule has 1 aliphatic carbocycles. The van der Waals surface area contributed by atoms with Crippen molar-refractivity contribution in [3.63, 3.8) is 0 Å². The minimum absolute atomic E-state index is 0.111. The van der Waals surface area contributed by atoms with E-state index in [1.165, 1.54) is 169 Å². The second-order valence-electron chi connectivity index (χ2n) is 23.5. The molecule has 12 heteroatoms. The Bertz CT molecular complexity index is 2340. The lowest BCUT2D eigenvalue weighted by atomic mass is 9.92. The lowest BCUT2D eigenvalue weighted by Gasteiger charge is -2.32. The average Bonchev–Trinajstić information content (AvgIpc) is 4.25. The second kappa shape index (κ2) is 46.9. The number of anilines is 2. The number of alkyl halides is 2. The zero-order valence-electron chi connectivity index (χ0n) is 56.7. The smallest absolute Gasteiger partial charge is 0.321 e. The first kappa shape index (κ1) is 79.8. The first-order valence-electron chi connectivity index (χ1n) is 32.6. The number of ether oxygens (including phenoxy) is 1. The van der Waals surface area contributed by atoms with Crippen molar-refractivity contribution in [3.05, 3.63) is 130 Å². The number of allylic oxidation sites excluding steroid dienone is 8. The fourth-order valence-corrected chi connectivity index (χ4v) is 9.94. The number of piperidine rings is 1. The van der Waals surface area contributed by atoms with Crippen molar-refractivity contribution < 1.29 is 36.5 Å². The van der Waals surface area contributed by atoms with Crippen LogP contribution < -0.4 is 15.5 Å². The predicted molar refractivity (Wildman–Crippen MR) is 358 cm³/mol. The number of hydrogen-bond donors (Lipinski definition) is 2. The molecule has 482 valence electrons.